The largest absolute Gasteiger partial charge is 0.480 e. The first kappa shape index (κ1) is 27.1. The lowest BCUT2D eigenvalue weighted by atomic mass is 10.0. The topological polar surface area (TPSA) is 124 Å². The van der Waals surface area contributed by atoms with E-state index >= 15 is 0 Å². The molecule has 4 N–H and O–H groups in total. The molecule has 0 spiro atoms. The molecule has 8 nitrogen and oxygen atoms in total. The maximum Gasteiger partial charge on any atom is 0.322 e. The zero-order chi connectivity index (χ0) is 28.4. The Kier molecular flexibility index (Phi) is 7.42. The van der Waals surface area contributed by atoms with E-state index in [1.54, 1.807) is 26.0 Å². The number of para-hydroxylation sites is 2. The fraction of sp³-hybridized carbons (Fsp3) is 0.161. The number of H-pyrrole nitrogens is 1. The second kappa shape index (κ2) is 11.0. The number of rotatable bonds is 9. The molecule has 0 aliphatic rings. The molecule has 1 aromatic heterocycles. The highest BCUT2D eigenvalue weighted by molar-refractivity contribution is 7.89. The van der Waals surface area contributed by atoms with Crippen LogP contribution in [0.15, 0.2) is 89.8 Å². The molecule has 1 heterocycles. The smallest absolute Gasteiger partial charge is 0.322 e. The third-order valence-electron chi connectivity index (χ3n) is 6.71. The van der Waals surface area contributed by atoms with Crippen molar-refractivity contribution in [2.24, 2.45) is 0 Å². The number of fused-ring (bicyclic) bond motifs is 1. The average Bonchev–Trinajstić information content (AvgIpc) is 3.30. The molecule has 0 fully saturated rings. The van der Waals surface area contributed by atoms with Crippen LogP contribution in [0.2, 0.25) is 0 Å². The number of imidazole rings is 1. The number of aromatic nitrogens is 2. The summed E-state index contributed by atoms with van der Waals surface area (Å²) in [6, 6.07) is 25.4. The number of sulfonamides is 1. The van der Waals surface area contributed by atoms with Crippen molar-refractivity contribution in [3.05, 3.63) is 107 Å². The van der Waals surface area contributed by atoms with Crippen LogP contribution in [0.25, 0.3) is 22.2 Å². The zero-order valence-electron chi connectivity index (χ0n) is 22.4. The van der Waals surface area contributed by atoms with Crippen LogP contribution in [0.5, 0.6) is 0 Å². The van der Waals surface area contributed by atoms with Gasteiger partial charge >= 0.3 is 5.97 Å². The molecule has 5 rings (SSSR count). The Morgan fingerprint density at radius 3 is 2.27 bits per heavy atom. The number of nitrogens with zero attached hydrogens (tertiary/aromatic N) is 1. The van der Waals surface area contributed by atoms with E-state index in [-0.39, 0.29) is 11.3 Å². The van der Waals surface area contributed by atoms with E-state index in [4.69, 9.17) is 0 Å². The summed E-state index contributed by atoms with van der Waals surface area (Å²) in [5.41, 5.74) is 7.40. The number of aliphatic carboxylic acids is 1. The molecular formula is C31H30N4O4S. The van der Waals surface area contributed by atoms with Crippen LogP contribution in [-0.4, -0.2) is 35.5 Å². The number of anilines is 2. The summed E-state index contributed by atoms with van der Waals surface area (Å²) < 4.78 is 28.7. The Morgan fingerprint density at radius 1 is 0.900 bits per heavy atom. The zero-order valence-corrected chi connectivity index (χ0v) is 23.2. The highest BCUT2D eigenvalue weighted by atomic mass is 32.2. The van der Waals surface area contributed by atoms with Gasteiger partial charge in [-0.2, -0.15) is 4.72 Å². The first-order chi connectivity index (χ1) is 19.1. The van der Waals surface area contributed by atoms with Gasteiger partial charge in [0.15, 0.2) is 0 Å². The van der Waals surface area contributed by atoms with E-state index in [1.165, 1.54) is 0 Å². The molecule has 4 aromatic carbocycles. The molecule has 0 amide bonds. The van der Waals surface area contributed by atoms with Crippen molar-refractivity contribution in [3.8, 4) is 11.1 Å². The quantitative estimate of drug-likeness (QED) is 0.181. The minimum absolute atomic E-state index is 0.00640. The lowest BCUT2D eigenvalue weighted by Crippen LogP contribution is -2.42. The third-order valence-corrected chi connectivity index (χ3v) is 8.49. The molecule has 1 unspecified atom stereocenters. The molecule has 0 aliphatic carbocycles. The number of hydrogen-bond acceptors (Lipinski definition) is 5. The fourth-order valence-electron chi connectivity index (χ4n) is 5.01. The van der Waals surface area contributed by atoms with Gasteiger partial charge in [-0.15, -0.1) is 0 Å². The Hall–Kier alpha value is -4.47. The minimum Gasteiger partial charge on any atom is -0.480 e. The van der Waals surface area contributed by atoms with Crippen LogP contribution in [0.1, 0.15) is 22.3 Å². The van der Waals surface area contributed by atoms with Gasteiger partial charge in [0.05, 0.1) is 15.9 Å². The Labute approximate surface area is 233 Å². The summed E-state index contributed by atoms with van der Waals surface area (Å²) >= 11 is 0. The molecule has 0 saturated heterocycles. The summed E-state index contributed by atoms with van der Waals surface area (Å²) in [6.45, 7) is 5.32. The highest BCUT2D eigenvalue weighted by Crippen LogP contribution is 2.26. The van der Waals surface area contributed by atoms with Gasteiger partial charge in [0.25, 0.3) is 0 Å². The minimum atomic E-state index is -4.04. The number of hydrogen-bond donors (Lipinski definition) is 4. The standard InChI is InChI=1S/C31H30N4O4S/c1-19-15-20(2)29(21(3)16-19)40(38,39)35-28(30(36)37)17-22-11-13-23(14-12-22)24-7-6-8-25(18-24)32-31-33-26-9-4-5-10-27(26)34-31/h4-16,18,28,35H,17H2,1-3H3,(H,36,37)(H2,32,33,34). The fourth-order valence-corrected chi connectivity index (χ4v) is 6.65. The maximum atomic E-state index is 13.2. The van der Waals surface area contributed by atoms with E-state index in [1.807, 2.05) is 79.7 Å². The van der Waals surface area contributed by atoms with E-state index < -0.39 is 22.0 Å². The molecule has 0 aliphatic heterocycles. The van der Waals surface area contributed by atoms with Crippen molar-refractivity contribution in [1.29, 1.82) is 0 Å². The highest BCUT2D eigenvalue weighted by Gasteiger charge is 2.28. The summed E-state index contributed by atoms with van der Waals surface area (Å²) in [5.74, 6) is -0.591. The van der Waals surface area contributed by atoms with E-state index in [9.17, 15) is 18.3 Å². The average molecular weight is 555 g/mol. The number of carboxylic acids is 1. The van der Waals surface area contributed by atoms with E-state index in [0.717, 1.165) is 33.4 Å². The SMILES string of the molecule is Cc1cc(C)c(S(=O)(=O)NC(Cc2ccc(-c3cccc(Nc4nc5ccccc5[nH]4)c3)cc2)C(=O)O)c(C)c1. The van der Waals surface area contributed by atoms with Crippen LogP contribution in [0.3, 0.4) is 0 Å². The van der Waals surface area contributed by atoms with E-state index in [0.29, 0.717) is 22.6 Å². The number of aromatic amines is 1. The molecular weight excluding hydrogens is 524 g/mol. The van der Waals surface area contributed by atoms with Crippen molar-refractivity contribution < 1.29 is 18.3 Å². The number of carbonyl (C=O) groups is 1. The first-order valence-corrected chi connectivity index (χ1v) is 14.3. The van der Waals surface area contributed by atoms with Crippen LogP contribution in [0, 0.1) is 20.8 Å². The second-order valence-corrected chi connectivity index (χ2v) is 11.6. The van der Waals surface area contributed by atoms with E-state index in [2.05, 4.69) is 20.0 Å². The Morgan fingerprint density at radius 2 is 1.60 bits per heavy atom. The first-order valence-electron chi connectivity index (χ1n) is 12.8. The maximum absolute atomic E-state index is 13.2. The van der Waals surface area contributed by atoms with Crippen LogP contribution < -0.4 is 10.0 Å². The van der Waals surface area contributed by atoms with Crippen molar-refractivity contribution in [2.75, 3.05) is 5.32 Å². The van der Waals surface area contributed by atoms with Gasteiger partial charge in [0, 0.05) is 5.69 Å². The number of benzene rings is 4. The predicted molar refractivity (Wildman–Crippen MR) is 157 cm³/mol. The second-order valence-electron chi connectivity index (χ2n) is 9.95. The normalized spacial score (nSPS) is 12.4. The van der Waals surface area contributed by atoms with Crippen molar-refractivity contribution in [1.82, 2.24) is 14.7 Å². The van der Waals surface area contributed by atoms with Crippen molar-refractivity contribution in [3.63, 3.8) is 0 Å². The molecule has 40 heavy (non-hydrogen) atoms. The Bertz CT molecular complexity index is 1760. The van der Waals surface area contributed by atoms with Gasteiger partial charge in [-0.3, -0.25) is 4.79 Å². The van der Waals surface area contributed by atoms with Gasteiger partial charge in [0.2, 0.25) is 16.0 Å². The lowest BCUT2D eigenvalue weighted by molar-refractivity contribution is -0.138. The van der Waals surface area contributed by atoms with Crippen LogP contribution in [-0.2, 0) is 21.2 Å². The van der Waals surface area contributed by atoms with Gasteiger partial charge in [0.1, 0.15) is 6.04 Å². The molecule has 9 heteroatoms. The number of aryl methyl sites for hydroxylation is 3. The summed E-state index contributed by atoms with van der Waals surface area (Å²) in [4.78, 5) is 20.0. The molecule has 5 aromatic rings. The molecule has 0 radical (unpaired) electrons. The van der Waals surface area contributed by atoms with Crippen LogP contribution in [0.4, 0.5) is 11.6 Å². The molecule has 0 bridgehead atoms. The van der Waals surface area contributed by atoms with Crippen molar-refractivity contribution in [2.45, 2.75) is 38.1 Å². The third kappa shape index (κ3) is 5.90. The molecule has 1 atom stereocenters. The predicted octanol–water partition coefficient (Wildman–Crippen LogP) is 5.87. The number of carboxylic acid groups (broad SMARTS) is 1. The van der Waals surface area contributed by atoms with Gasteiger partial charge in [-0.05, 0) is 79.3 Å². The van der Waals surface area contributed by atoms with Gasteiger partial charge < -0.3 is 15.4 Å². The summed E-state index contributed by atoms with van der Waals surface area (Å²) in [7, 11) is -4.04. The monoisotopic (exact) mass is 554 g/mol. The lowest BCUT2D eigenvalue weighted by Gasteiger charge is -2.18. The molecule has 204 valence electrons. The summed E-state index contributed by atoms with van der Waals surface area (Å²) in [6.07, 6.45) is 0.00640. The number of nitrogens with one attached hydrogen (secondary N) is 3. The van der Waals surface area contributed by atoms with Crippen molar-refractivity contribution >= 4 is 38.7 Å². The molecule has 0 saturated carbocycles. The Balaban J connectivity index is 1.31. The van der Waals surface area contributed by atoms with Gasteiger partial charge in [-0.25, -0.2) is 13.4 Å². The van der Waals surface area contributed by atoms with Crippen LogP contribution >= 0.6 is 0 Å². The van der Waals surface area contributed by atoms with Gasteiger partial charge in [-0.1, -0.05) is 66.2 Å². The summed E-state index contributed by atoms with van der Waals surface area (Å²) in [5, 5.41) is 13.1.